The lowest BCUT2D eigenvalue weighted by Gasteiger charge is -2.36. The summed E-state index contributed by atoms with van der Waals surface area (Å²) in [6.45, 7) is 8.75. The van der Waals surface area contributed by atoms with E-state index in [9.17, 15) is 14.0 Å². The van der Waals surface area contributed by atoms with Gasteiger partial charge in [-0.1, -0.05) is 46.2 Å². The van der Waals surface area contributed by atoms with Crippen molar-refractivity contribution in [2.75, 3.05) is 12.3 Å². The minimum Gasteiger partial charge on any atom is -0.354 e. The topological polar surface area (TPSA) is 49.4 Å². The van der Waals surface area contributed by atoms with Crippen LogP contribution in [0.2, 0.25) is 0 Å². The average molecular weight is 367 g/mol. The molecule has 1 aromatic rings. The average Bonchev–Trinajstić information content (AvgIpc) is 3.00. The Bertz CT molecular complexity index is 630. The SMILES string of the molecule is CCCCNC(=O)C1CSC(C(C)(C)C)N1C(=O)c1ccccc1F. The van der Waals surface area contributed by atoms with Crippen LogP contribution in [0.1, 0.15) is 50.9 Å². The standard InChI is InChI=1S/C19H27FN2O2S/c1-5-6-11-21-16(23)15-12-25-18(19(2,3)4)22(15)17(24)13-9-7-8-10-14(13)20/h7-10,15,18H,5-6,11-12H2,1-4H3,(H,21,23). The number of thioether (sulfide) groups is 1. The van der Waals surface area contributed by atoms with Gasteiger partial charge in [-0.15, -0.1) is 11.8 Å². The number of amides is 2. The first-order valence-electron chi connectivity index (χ1n) is 8.74. The molecule has 2 atom stereocenters. The highest BCUT2D eigenvalue weighted by atomic mass is 32.2. The van der Waals surface area contributed by atoms with Gasteiger partial charge in [0.15, 0.2) is 0 Å². The van der Waals surface area contributed by atoms with Gasteiger partial charge in [-0.25, -0.2) is 4.39 Å². The normalized spacial score (nSPS) is 20.6. The summed E-state index contributed by atoms with van der Waals surface area (Å²) >= 11 is 1.58. The number of carbonyl (C=O) groups excluding carboxylic acids is 2. The molecule has 0 radical (unpaired) electrons. The molecule has 1 heterocycles. The van der Waals surface area contributed by atoms with Gasteiger partial charge in [-0.2, -0.15) is 0 Å². The second-order valence-corrected chi connectivity index (χ2v) is 8.52. The third-order valence-corrected chi connectivity index (χ3v) is 5.97. The van der Waals surface area contributed by atoms with Crippen LogP contribution in [0.4, 0.5) is 4.39 Å². The van der Waals surface area contributed by atoms with Crippen molar-refractivity contribution in [2.24, 2.45) is 5.41 Å². The highest BCUT2D eigenvalue weighted by Crippen LogP contribution is 2.41. The molecular weight excluding hydrogens is 339 g/mol. The molecular formula is C19H27FN2O2S. The molecule has 0 aromatic heterocycles. The van der Waals surface area contributed by atoms with Gasteiger partial charge >= 0.3 is 0 Å². The molecule has 1 saturated heterocycles. The lowest BCUT2D eigenvalue weighted by molar-refractivity contribution is -0.125. The summed E-state index contributed by atoms with van der Waals surface area (Å²) in [4.78, 5) is 27.2. The van der Waals surface area contributed by atoms with E-state index in [2.05, 4.69) is 12.2 Å². The molecule has 1 aliphatic rings. The van der Waals surface area contributed by atoms with Gasteiger partial charge < -0.3 is 10.2 Å². The number of nitrogens with one attached hydrogen (secondary N) is 1. The minimum absolute atomic E-state index is 0.0191. The van der Waals surface area contributed by atoms with Gasteiger partial charge in [0.25, 0.3) is 5.91 Å². The van der Waals surface area contributed by atoms with E-state index in [0.717, 1.165) is 12.8 Å². The van der Waals surface area contributed by atoms with E-state index in [-0.39, 0.29) is 22.3 Å². The van der Waals surface area contributed by atoms with Crippen LogP contribution in [0.3, 0.4) is 0 Å². The Morgan fingerprint density at radius 1 is 1.32 bits per heavy atom. The maximum absolute atomic E-state index is 14.1. The molecule has 0 bridgehead atoms. The second-order valence-electron chi connectivity index (χ2n) is 7.40. The molecule has 25 heavy (non-hydrogen) atoms. The zero-order valence-corrected chi connectivity index (χ0v) is 16.2. The molecule has 6 heteroatoms. The van der Waals surface area contributed by atoms with Crippen molar-refractivity contribution in [1.29, 1.82) is 0 Å². The zero-order valence-electron chi connectivity index (χ0n) is 15.3. The number of unbranched alkanes of at least 4 members (excludes halogenated alkanes) is 1. The monoisotopic (exact) mass is 366 g/mol. The molecule has 0 spiro atoms. The lowest BCUT2D eigenvalue weighted by Crippen LogP contribution is -2.52. The van der Waals surface area contributed by atoms with Crippen LogP contribution < -0.4 is 5.32 Å². The molecule has 1 aliphatic heterocycles. The van der Waals surface area contributed by atoms with E-state index < -0.39 is 17.8 Å². The highest BCUT2D eigenvalue weighted by Gasteiger charge is 2.46. The van der Waals surface area contributed by atoms with Gasteiger partial charge in [-0.05, 0) is 24.0 Å². The Hall–Kier alpha value is -1.56. The first-order chi connectivity index (χ1) is 11.8. The molecule has 2 amide bonds. The molecule has 138 valence electrons. The predicted octanol–water partition coefficient (Wildman–Crippen LogP) is 3.67. The Morgan fingerprint density at radius 2 is 2.00 bits per heavy atom. The van der Waals surface area contributed by atoms with Crippen molar-refractivity contribution in [1.82, 2.24) is 10.2 Å². The van der Waals surface area contributed by atoms with E-state index in [1.54, 1.807) is 28.8 Å². The maximum atomic E-state index is 14.1. The largest absolute Gasteiger partial charge is 0.354 e. The third-order valence-electron chi connectivity index (χ3n) is 4.21. The number of halogens is 1. The van der Waals surface area contributed by atoms with Crippen LogP contribution >= 0.6 is 11.8 Å². The molecule has 4 nitrogen and oxygen atoms in total. The highest BCUT2D eigenvalue weighted by molar-refractivity contribution is 8.00. The summed E-state index contributed by atoms with van der Waals surface area (Å²) in [6, 6.07) is 5.38. The number of carbonyl (C=O) groups is 2. The minimum atomic E-state index is -0.571. The molecule has 1 aromatic carbocycles. The van der Waals surface area contributed by atoms with Crippen LogP contribution in [0.15, 0.2) is 24.3 Å². The molecule has 1 fully saturated rings. The summed E-state index contributed by atoms with van der Waals surface area (Å²) in [5, 5.41) is 2.73. The number of benzene rings is 1. The fourth-order valence-corrected chi connectivity index (χ4v) is 4.48. The van der Waals surface area contributed by atoms with E-state index >= 15 is 0 Å². The van der Waals surface area contributed by atoms with E-state index in [1.165, 1.54) is 12.1 Å². The quantitative estimate of drug-likeness (QED) is 0.809. The Labute approximate surface area is 153 Å². The predicted molar refractivity (Wildman–Crippen MR) is 100.0 cm³/mol. The van der Waals surface area contributed by atoms with Crippen molar-refractivity contribution in [3.8, 4) is 0 Å². The number of hydrogen-bond donors (Lipinski definition) is 1. The number of nitrogens with zero attached hydrogens (tertiary/aromatic N) is 1. The Kier molecular flexibility index (Phi) is 6.49. The Morgan fingerprint density at radius 3 is 2.60 bits per heavy atom. The van der Waals surface area contributed by atoms with Crippen molar-refractivity contribution < 1.29 is 14.0 Å². The molecule has 0 aliphatic carbocycles. The summed E-state index contributed by atoms with van der Waals surface area (Å²) in [6.07, 6.45) is 1.89. The number of rotatable bonds is 5. The van der Waals surface area contributed by atoms with Gasteiger partial charge in [-0.3, -0.25) is 9.59 Å². The smallest absolute Gasteiger partial charge is 0.258 e. The van der Waals surface area contributed by atoms with Crippen LogP contribution in [-0.4, -0.2) is 40.4 Å². The van der Waals surface area contributed by atoms with E-state index in [0.29, 0.717) is 12.3 Å². The number of hydrogen-bond acceptors (Lipinski definition) is 3. The Balaban J connectivity index is 2.29. The van der Waals surface area contributed by atoms with Gasteiger partial charge in [0, 0.05) is 12.3 Å². The molecule has 2 unspecified atom stereocenters. The van der Waals surface area contributed by atoms with Crippen LogP contribution in [0, 0.1) is 11.2 Å². The van der Waals surface area contributed by atoms with Crippen molar-refractivity contribution in [2.45, 2.75) is 52.0 Å². The van der Waals surface area contributed by atoms with Gasteiger partial charge in [0.1, 0.15) is 11.9 Å². The van der Waals surface area contributed by atoms with E-state index in [1.807, 2.05) is 20.8 Å². The van der Waals surface area contributed by atoms with Crippen molar-refractivity contribution in [3.63, 3.8) is 0 Å². The zero-order chi connectivity index (χ0) is 18.6. The van der Waals surface area contributed by atoms with Crippen molar-refractivity contribution >= 4 is 23.6 Å². The molecule has 1 N–H and O–H groups in total. The van der Waals surface area contributed by atoms with E-state index in [4.69, 9.17) is 0 Å². The summed E-state index contributed by atoms with van der Waals surface area (Å²) in [7, 11) is 0. The summed E-state index contributed by atoms with van der Waals surface area (Å²) < 4.78 is 14.1. The fraction of sp³-hybridized carbons (Fsp3) is 0.579. The van der Waals surface area contributed by atoms with Gasteiger partial charge in [0.2, 0.25) is 5.91 Å². The van der Waals surface area contributed by atoms with Gasteiger partial charge in [0.05, 0.1) is 10.9 Å². The lowest BCUT2D eigenvalue weighted by atomic mass is 9.94. The molecule has 0 saturated carbocycles. The first kappa shape index (κ1) is 19.8. The molecule has 2 rings (SSSR count). The fourth-order valence-electron chi connectivity index (χ4n) is 2.90. The summed E-state index contributed by atoms with van der Waals surface area (Å²) in [5.41, 5.74) is -0.199. The van der Waals surface area contributed by atoms with Crippen LogP contribution in [0.25, 0.3) is 0 Å². The van der Waals surface area contributed by atoms with Crippen LogP contribution in [-0.2, 0) is 4.79 Å². The van der Waals surface area contributed by atoms with Crippen molar-refractivity contribution in [3.05, 3.63) is 35.6 Å². The first-order valence-corrected chi connectivity index (χ1v) is 9.78. The summed E-state index contributed by atoms with van der Waals surface area (Å²) in [5.74, 6) is -0.599. The second kappa shape index (κ2) is 8.21. The van der Waals surface area contributed by atoms with Crippen LogP contribution in [0.5, 0.6) is 0 Å². The maximum Gasteiger partial charge on any atom is 0.258 e. The third kappa shape index (κ3) is 4.54.